The van der Waals surface area contributed by atoms with Crippen molar-refractivity contribution < 1.29 is 17.9 Å². The zero-order valence-electron chi connectivity index (χ0n) is 14.3. The Kier molecular flexibility index (Phi) is 5.60. The third-order valence-electron chi connectivity index (χ3n) is 4.09. The maximum Gasteiger partial charge on any atom is 0.240 e. The van der Waals surface area contributed by atoms with Crippen LogP contribution in [0, 0.1) is 0 Å². The van der Waals surface area contributed by atoms with Gasteiger partial charge in [-0.3, -0.25) is 0 Å². The molecular formula is C19H23NO4S. The highest BCUT2D eigenvalue weighted by molar-refractivity contribution is 7.89. The fourth-order valence-electron chi connectivity index (χ4n) is 2.73. The molecule has 1 atom stereocenters. The molecule has 25 heavy (non-hydrogen) atoms. The van der Waals surface area contributed by atoms with E-state index in [-0.39, 0.29) is 10.9 Å². The van der Waals surface area contributed by atoms with E-state index in [2.05, 4.69) is 4.72 Å². The predicted molar refractivity (Wildman–Crippen MR) is 96.6 cm³/mol. The molecule has 0 saturated carbocycles. The van der Waals surface area contributed by atoms with Crippen molar-refractivity contribution in [2.24, 2.45) is 0 Å². The first-order valence-electron chi connectivity index (χ1n) is 8.50. The second kappa shape index (κ2) is 7.89. The molecule has 6 heteroatoms. The Morgan fingerprint density at radius 2 is 1.76 bits per heavy atom. The van der Waals surface area contributed by atoms with Crippen molar-refractivity contribution in [3.8, 4) is 11.5 Å². The molecule has 1 aliphatic heterocycles. The zero-order valence-corrected chi connectivity index (χ0v) is 15.1. The Hall–Kier alpha value is -2.05. The van der Waals surface area contributed by atoms with Crippen molar-refractivity contribution in [3.63, 3.8) is 0 Å². The van der Waals surface area contributed by atoms with Crippen LogP contribution < -0.4 is 14.2 Å². The summed E-state index contributed by atoms with van der Waals surface area (Å²) in [5.41, 5.74) is 1.20. The molecule has 0 fully saturated rings. The van der Waals surface area contributed by atoms with Crippen LogP contribution in [-0.4, -0.2) is 27.7 Å². The van der Waals surface area contributed by atoms with Crippen molar-refractivity contribution in [3.05, 3.63) is 54.1 Å². The molecule has 0 aliphatic carbocycles. The molecule has 1 heterocycles. The summed E-state index contributed by atoms with van der Waals surface area (Å²) >= 11 is 0. The first-order chi connectivity index (χ1) is 12.0. The summed E-state index contributed by atoms with van der Waals surface area (Å²) in [6, 6.07) is 14.6. The molecule has 0 spiro atoms. The number of sulfonamides is 1. The molecule has 0 bridgehead atoms. The average molecular weight is 361 g/mol. The van der Waals surface area contributed by atoms with Gasteiger partial charge in [-0.2, -0.15) is 0 Å². The molecule has 1 aliphatic rings. The number of ether oxygens (including phenoxy) is 2. The molecule has 1 N–H and O–H groups in total. The topological polar surface area (TPSA) is 64.6 Å². The molecule has 0 unspecified atom stereocenters. The summed E-state index contributed by atoms with van der Waals surface area (Å²) < 4.78 is 39.1. The normalized spacial score (nSPS) is 15.4. The van der Waals surface area contributed by atoms with Gasteiger partial charge in [-0.05, 0) is 37.5 Å². The third kappa shape index (κ3) is 4.74. The Morgan fingerprint density at radius 3 is 2.52 bits per heavy atom. The summed E-state index contributed by atoms with van der Waals surface area (Å²) in [5.74, 6) is 1.07. The van der Waals surface area contributed by atoms with Gasteiger partial charge in [0.2, 0.25) is 10.0 Å². The predicted octanol–water partition coefficient (Wildman–Crippen LogP) is 3.15. The van der Waals surface area contributed by atoms with Crippen LogP contribution in [0.25, 0.3) is 0 Å². The van der Waals surface area contributed by atoms with Crippen molar-refractivity contribution in [2.75, 3.05) is 13.2 Å². The average Bonchev–Trinajstić information content (AvgIpc) is 2.85. The van der Waals surface area contributed by atoms with Crippen LogP contribution in [0.15, 0.2) is 53.4 Å². The zero-order chi connectivity index (χ0) is 17.7. The molecule has 0 saturated heterocycles. The number of aryl methyl sites for hydroxylation is 1. The van der Waals surface area contributed by atoms with Crippen LogP contribution in [0.5, 0.6) is 11.5 Å². The lowest BCUT2D eigenvalue weighted by Crippen LogP contribution is -2.33. The maximum absolute atomic E-state index is 12.6. The first kappa shape index (κ1) is 17.8. The van der Waals surface area contributed by atoms with Gasteiger partial charge in [0.05, 0.1) is 18.1 Å². The second-order valence-corrected chi connectivity index (χ2v) is 7.92. The fourth-order valence-corrected chi connectivity index (χ4v) is 4.02. The van der Waals surface area contributed by atoms with Gasteiger partial charge in [-0.15, -0.1) is 0 Å². The summed E-state index contributed by atoms with van der Waals surface area (Å²) in [6.45, 7) is 2.98. The van der Waals surface area contributed by atoms with Crippen molar-refractivity contribution >= 4 is 10.0 Å². The first-order valence-corrected chi connectivity index (χ1v) is 9.99. The lowest BCUT2D eigenvalue weighted by molar-refractivity contribution is 0.297. The molecule has 0 amide bonds. The standard InChI is InChI=1S/C19H23NO4S/c1-15(8-9-16-6-3-2-4-7-16)20-25(21,22)17-10-11-18-19(14-17)24-13-5-12-23-18/h2-4,6-7,10-11,14-15,20H,5,8-9,12-13H2,1H3/t15-/m1/s1. The minimum absolute atomic E-state index is 0.166. The van der Waals surface area contributed by atoms with E-state index in [0.29, 0.717) is 24.7 Å². The number of nitrogens with one attached hydrogen (secondary N) is 1. The Balaban J connectivity index is 1.66. The van der Waals surface area contributed by atoms with Gasteiger partial charge in [-0.1, -0.05) is 30.3 Å². The highest BCUT2D eigenvalue weighted by Crippen LogP contribution is 2.31. The summed E-state index contributed by atoms with van der Waals surface area (Å²) in [7, 11) is -3.59. The van der Waals surface area contributed by atoms with Crippen LogP contribution in [0.3, 0.4) is 0 Å². The van der Waals surface area contributed by atoms with Gasteiger partial charge in [-0.25, -0.2) is 13.1 Å². The Morgan fingerprint density at radius 1 is 1.04 bits per heavy atom. The monoisotopic (exact) mass is 361 g/mol. The second-order valence-electron chi connectivity index (χ2n) is 6.21. The maximum atomic E-state index is 12.6. The largest absolute Gasteiger partial charge is 0.490 e. The molecule has 0 aromatic heterocycles. The van der Waals surface area contributed by atoms with Crippen LogP contribution in [0.1, 0.15) is 25.3 Å². The van der Waals surface area contributed by atoms with E-state index in [1.807, 2.05) is 37.3 Å². The summed E-state index contributed by atoms with van der Waals surface area (Å²) in [6.07, 6.45) is 2.34. The van der Waals surface area contributed by atoms with Crippen LogP contribution in [0.4, 0.5) is 0 Å². The Labute approximate surface area is 149 Å². The summed E-state index contributed by atoms with van der Waals surface area (Å²) in [4.78, 5) is 0.198. The van der Waals surface area contributed by atoms with E-state index < -0.39 is 10.0 Å². The highest BCUT2D eigenvalue weighted by atomic mass is 32.2. The summed E-state index contributed by atoms with van der Waals surface area (Å²) in [5, 5.41) is 0. The van der Waals surface area contributed by atoms with Gasteiger partial charge in [0.25, 0.3) is 0 Å². The van der Waals surface area contributed by atoms with E-state index in [0.717, 1.165) is 19.3 Å². The van der Waals surface area contributed by atoms with Crippen LogP contribution in [-0.2, 0) is 16.4 Å². The van der Waals surface area contributed by atoms with E-state index >= 15 is 0 Å². The lowest BCUT2D eigenvalue weighted by Gasteiger charge is -2.15. The number of hydrogen-bond donors (Lipinski definition) is 1. The number of hydrogen-bond acceptors (Lipinski definition) is 4. The fraction of sp³-hybridized carbons (Fsp3) is 0.368. The third-order valence-corrected chi connectivity index (χ3v) is 5.68. The van der Waals surface area contributed by atoms with Crippen molar-refractivity contribution in [1.82, 2.24) is 4.72 Å². The molecule has 134 valence electrons. The smallest absolute Gasteiger partial charge is 0.240 e. The molecule has 5 nitrogen and oxygen atoms in total. The van der Waals surface area contributed by atoms with Crippen molar-refractivity contribution in [2.45, 2.75) is 37.1 Å². The minimum atomic E-state index is -3.59. The molecule has 2 aromatic rings. The van der Waals surface area contributed by atoms with E-state index in [4.69, 9.17) is 9.47 Å². The van der Waals surface area contributed by atoms with Gasteiger partial charge in [0.1, 0.15) is 0 Å². The number of rotatable bonds is 6. The quantitative estimate of drug-likeness (QED) is 0.858. The van der Waals surface area contributed by atoms with Gasteiger partial charge < -0.3 is 9.47 Å². The van der Waals surface area contributed by atoms with Gasteiger partial charge >= 0.3 is 0 Å². The molecule has 0 radical (unpaired) electrons. The van der Waals surface area contributed by atoms with E-state index in [1.54, 1.807) is 12.1 Å². The highest BCUT2D eigenvalue weighted by Gasteiger charge is 2.20. The van der Waals surface area contributed by atoms with Gasteiger partial charge in [0, 0.05) is 18.5 Å². The molecular weight excluding hydrogens is 338 g/mol. The minimum Gasteiger partial charge on any atom is -0.490 e. The SMILES string of the molecule is C[C@H](CCc1ccccc1)NS(=O)(=O)c1ccc2c(c1)OCCCO2. The van der Waals surface area contributed by atoms with Crippen molar-refractivity contribution in [1.29, 1.82) is 0 Å². The van der Waals surface area contributed by atoms with E-state index in [1.165, 1.54) is 11.6 Å². The number of fused-ring (bicyclic) bond motifs is 1. The Bertz CT molecular complexity index is 805. The molecule has 2 aromatic carbocycles. The van der Waals surface area contributed by atoms with Crippen LogP contribution >= 0.6 is 0 Å². The van der Waals surface area contributed by atoms with E-state index in [9.17, 15) is 8.42 Å². The lowest BCUT2D eigenvalue weighted by atomic mass is 10.1. The number of benzene rings is 2. The van der Waals surface area contributed by atoms with Gasteiger partial charge in [0.15, 0.2) is 11.5 Å². The van der Waals surface area contributed by atoms with Crippen LogP contribution in [0.2, 0.25) is 0 Å². The molecule has 3 rings (SSSR count).